The van der Waals surface area contributed by atoms with Gasteiger partial charge in [-0.2, -0.15) is 4.98 Å². The predicted molar refractivity (Wildman–Crippen MR) is 73.3 cm³/mol. The van der Waals surface area contributed by atoms with Gasteiger partial charge in [-0.1, -0.05) is 28.9 Å². The minimum absolute atomic E-state index is 0.00370. The van der Waals surface area contributed by atoms with Gasteiger partial charge in [-0.3, -0.25) is 4.79 Å². The number of hydrogen-bond acceptors (Lipinski definition) is 4. The van der Waals surface area contributed by atoms with Crippen LogP contribution in [-0.2, 0) is 11.3 Å². The van der Waals surface area contributed by atoms with Crippen molar-refractivity contribution in [3.05, 3.63) is 46.6 Å². The van der Waals surface area contributed by atoms with Gasteiger partial charge in [-0.25, -0.2) is 0 Å². The molecular weight excluding hydrogens is 278 g/mol. The first-order chi connectivity index (χ1) is 9.61. The normalized spacial score (nSPS) is 18.8. The van der Waals surface area contributed by atoms with Gasteiger partial charge >= 0.3 is 0 Å². The van der Waals surface area contributed by atoms with E-state index in [1.54, 1.807) is 6.92 Å². The highest BCUT2D eigenvalue weighted by molar-refractivity contribution is 6.30. The van der Waals surface area contributed by atoms with Crippen molar-refractivity contribution in [1.82, 2.24) is 15.0 Å². The molecule has 0 aliphatic carbocycles. The number of hydrogen-bond donors (Lipinski definition) is 0. The molecule has 0 radical (unpaired) electrons. The molecule has 0 N–H and O–H groups in total. The molecule has 2 aromatic rings. The summed E-state index contributed by atoms with van der Waals surface area (Å²) in [6.07, 6.45) is 0.426. The van der Waals surface area contributed by atoms with Crippen molar-refractivity contribution in [1.29, 1.82) is 0 Å². The topological polar surface area (TPSA) is 59.2 Å². The van der Waals surface area contributed by atoms with E-state index >= 15 is 0 Å². The lowest BCUT2D eigenvalue weighted by molar-refractivity contribution is -0.128. The molecule has 1 amide bonds. The van der Waals surface area contributed by atoms with Crippen molar-refractivity contribution >= 4 is 17.5 Å². The van der Waals surface area contributed by atoms with E-state index in [2.05, 4.69) is 10.1 Å². The summed E-state index contributed by atoms with van der Waals surface area (Å²) in [6.45, 7) is 2.97. The predicted octanol–water partition coefficient (Wildman–Crippen LogP) is 2.55. The maximum absolute atomic E-state index is 12.0. The fourth-order valence-corrected chi connectivity index (χ4v) is 2.51. The van der Waals surface area contributed by atoms with Crippen LogP contribution >= 0.6 is 11.6 Å². The summed E-state index contributed by atoms with van der Waals surface area (Å²) < 4.78 is 5.15. The zero-order valence-corrected chi connectivity index (χ0v) is 11.8. The maximum atomic E-state index is 12.0. The Morgan fingerprint density at radius 3 is 2.80 bits per heavy atom. The zero-order valence-electron chi connectivity index (χ0n) is 11.0. The van der Waals surface area contributed by atoms with Crippen LogP contribution in [0.4, 0.5) is 0 Å². The first-order valence-corrected chi connectivity index (χ1v) is 6.82. The highest BCUT2D eigenvalue weighted by atomic mass is 35.5. The zero-order chi connectivity index (χ0) is 14.1. The van der Waals surface area contributed by atoms with Crippen molar-refractivity contribution in [2.75, 3.05) is 6.54 Å². The number of aromatic nitrogens is 2. The van der Waals surface area contributed by atoms with Crippen LogP contribution in [0.1, 0.15) is 29.6 Å². The van der Waals surface area contributed by atoms with Gasteiger partial charge in [-0.15, -0.1) is 0 Å². The van der Waals surface area contributed by atoms with Crippen LogP contribution in [-0.4, -0.2) is 27.5 Å². The van der Waals surface area contributed by atoms with E-state index in [1.165, 1.54) is 0 Å². The molecule has 1 aliphatic heterocycles. The molecule has 104 valence electrons. The third kappa shape index (κ3) is 2.67. The Morgan fingerprint density at radius 1 is 1.40 bits per heavy atom. The molecule has 3 rings (SSSR count). The number of carbonyl (C=O) groups excluding carboxylic acids is 1. The molecule has 0 bridgehead atoms. The molecule has 2 heterocycles. The van der Waals surface area contributed by atoms with Crippen molar-refractivity contribution in [3.63, 3.8) is 0 Å². The second-order valence-electron chi connectivity index (χ2n) is 4.98. The van der Waals surface area contributed by atoms with Gasteiger partial charge in [0.2, 0.25) is 11.8 Å². The van der Waals surface area contributed by atoms with E-state index in [4.69, 9.17) is 16.1 Å². The average Bonchev–Trinajstić information content (AvgIpc) is 3.00. The SMILES string of the molecule is Cc1noc(C2CC(=O)N(Cc3ccc(Cl)cc3)C2)n1. The van der Waals surface area contributed by atoms with Crippen LogP contribution in [0, 0.1) is 6.92 Å². The minimum Gasteiger partial charge on any atom is -0.339 e. The number of benzene rings is 1. The van der Waals surface area contributed by atoms with Crippen molar-refractivity contribution in [2.45, 2.75) is 25.8 Å². The molecule has 1 atom stereocenters. The highest BCUT2D eigenvalue weighted by Crippen LogP contribution is 2.28. The number of halogens is 1. The van der Waals surface area contributed by atoms with Gasteiger partial charge in [0.05, 0.1) is 5.92 Å². The van der Waals surface area contributed by atoms with Gasteiger partial charge in [0.15, 0.2) is 5.82 Å². The van der Waals surface area contributed by atoms with Gasteiger partial charge in [0, 0.05) is 24.5 Å². The molecule has 6 heteroatoms. The quantitative estimate of drug-likeness (QED) is 0.872. The van der Waals surface area contributed by atoms with E-state index in [1.807, 2.05) is 29.2 Å². The van der Waals surface area contributed by atoms with Crippen molar-refractivity contribution in [3.8, 4) is 0 Å². The molecule has 1 aliphatic rings. The maximum Gasteiger partial charge on any atom is 0.232 e. The van der Waals surface area contributed by atoms with Crippen LogP contribution < -0.4 is 0 Å². The average molecular weight is 292 g/mol. The molecule has 1 unspecified atom stereocenters. The van der Waals surface area contributed by atoms with Crippen molar-refractivity contribution < 1.29 is 9.32 Å². The lowest BCUT2D eigenvalue weighted by Crippen LogP contribution is -2.24. The van der Waals surface area contributed by atoms with Crippen LogP contribution in [0.2, 0.25) is 5.02 Å². The van der Waals surface area contributed by atoms with Crippen LogP contribution in [0.5, 0.6) is 0 Å². The van der Waals surface area contributed by atoms with Gasteiger partial charge in [-0.05, 0) is 24.6 Å². The molecule has 20 heavy (non-hydrogen) atoms. The Hall–Kier alpha value is -1.88. The molecular formula is C14H14ClN3O2. The Labute approximate surface area is 121 Å². The molecule has 0 saturated carbocycles. The van der Waals surface area contributed by atoms with E-state index in [9.17, 15) is 4.79 Å². The summed E-state index contributed by atoms with van der Waals surface area (Å²) in [4.78, 5) is 18.1. The Kier molecular flexibility index (Phi) is 3.44. The lowest BCUT2D eigenvalue weighted by Gasteiger charge is -2.16. The lowest BCUT2D eigenvalue weighted by atomic mass is 10.1. The fourth-order valence-electron chi connectivity index (χ4n) is 2.38. The smallest absolute Gasteiger partial charge is 0.232 e. The molecule has 1 aromatic heterocycles. The summed E-state index contributed by atoms with van der Waals surface area (Å²) in [6, 6.07) is 7.52. The third-order valence-electron chi connectivity index (χ3n) is 3.39. The second-order valence-corrected chi connectivity index (χ2v) is 5.42. The summed E-state index contributed by atoms with van der Waals surface area (Å²) in [7, 11) is 0. The number of likely N-dealkylation sites (tertiary alicyclic amines) is 1. The standard InChI is InChI=1S/C14H14ClN3O2/c1-9-16-14(20-17-9)11-6-13(19)18(8-11)7-10-2-4-12(15)5-3-10/h2-5,11H,6-8H2,1H3. The number of carbonyl (C=O) groups is 1. The molecule has 5 nitrogen and oxygen atoms in total. The van der Waals surface area contributed by atoms with E-state index < -0.39 is 0 Å². The van der Waals surface area contributed by atoms with Gasteiger partial charge in [0.1, 0.15) is 0 Å². The first kappa shape index (κ1) is 13.1. The van der Waals surface area contributed by atoms with Gasteiger partial charge < -0.3 is 9.42 Å². The molecule has 1 saturated heterocycles. The molecule has 0 spiro atoms. The monoisotopic (exact) mass is 291 g/mol. The number of nitrogens with zero attached hydrogens (tertiary/aromatic N) is 3. The Morgan fingerprint density at radius 2 is 2.15 bits per heavy atom. The number of rotatable bonds is 3. The summed E-state index contributed by atoms with van der Waals surface area (Å²) in [5.74, 6) is 1.26. The van der Waals surface area contributed by atoms with E-state index in [0.717, 1.165) is 5.56 Å². The van der Waals surface area contributed by atoms with Gasteiger partial charge in [0.25, 0.3) is 0 Å². The summed E-state index contributed by atoms with van der Waals surface area (Å²) >= 11 is 5.85. The van der Waals surface area contributed by atoms with E-state index in [0.29, 0.717) is 36.2 Å². The van der Waals surface area contributed by atoms with E-state index in [-0.39, 0.29) is 11.8 Å². The first-order valence-electron chi connectivity index (χ1n) is 6.44. The molecule has 1 aromatic carbocycles. The fraction of sp³-hybridized carbons (Fsp3) is 0.357. The number of amides is 1. The Bertz CT molecular complexity index is 624. The summed E-state index contributed by atoms with van der Waals surface area (Å²) in [5.41, 5.74) is 1.06. The largest absolute Gasteiger partial charge is 0.339 e. The molecule has 1 fully saturated rings. The van der Waals surface area contributed by atoms with Crippen LogP contribution in [0.25, 0.3) is 0 Å². The second kappa shape index (κ2) is 5.25. The van der Waals surface area contributed by atoms with Crippen molar-refractivity contribution in [2.24, 2.45) is 0 Å². The van der Waals surface area contributed by atoms with Crippen LogP contribution in [0.3, 0.4) is 0 Å². The van der Waals surface area contributed by atoms with Crippen LogP contribution in [0.15, 0.2) is 28.8 Å². The minimum atomic E-state index is -0.00370. The highest BCUT2D eigenvalue weighted by Gasteiger charge is 2.33. The third-order valence-corrected chi connectivity index (χ3v) is 3.65. The Balaban J connectivity index is 1.69. The number of aryl methyl sites for hydroxylation is 1. The summed E-state index contributed by atoms with van der Waals surface area (Å²) in [5, 5.41) is 4.47.